The lowest BCUT2D eigenvalue weighted by Gasteiger charge is -2.34. The Bertz CT molecular complexity index is 249. The van der Waals surface area contributed by atoms with Gasteiger partial charge in [0.25, 0.3) is 0 Å². The number of Topliss-reactive ketones (excluding diaryl/α,β-unsaturated/α-hetero) is 1. The van der Waals surface area contributed by atoms with Gasteiger partial charge in [0.2, 0.25) is 0 Å². The number of hydrogen-bond acceptors (Lipinski definition) is 4. The SMILES string of the molecule is COCC1CCN(CC2COCCC2=O)CC1. The lowest BCUT2D eigenvalue weighted by atomic mass is 9.95. The minimum Gasteiger partial charge on any atom is -0.384 e. The molecule has 0 saturated carbocycles. The third-order valence-electron chi connectivity index (χ3n) is 3.86. The molecule has 1 unspecified atom stereocenters. The van der Waals surface area contributed by atoms with Gasteiger partial charge in [-0.05, 0) is 31.8 Å². The van der Waals surface area contributed by atoms with Crippen LogP contribution in [-0.2, 0) is 14.3 Å². The molecular weight excluding hydrogens is 218 g/mol. The molecule has 0 N–H and O–H groups in total. The molecule has 2 aliphatic rings. The average Bonchev–Trinajstić information content (AvgIpc) is 2.35. The summed E-state index contributed by atoms with van der Waals surface area (Å²) in [5, 5.41) is 0. The van der Waals surface area contributed by atoms with E-state index in [-0.39, 0.29) is 5.92 Å². The summed E-state index contributed by atoms with van der Waals surface area (Å²) < 4.78 is 10.6. The number of carbonyl (C=O) groups is 1. The third-order valence-corrected chi connectivity index (χ3v) is 3.86. The van der Waals surface area contributed by atoms with Crippen LogP contribution in [0.5, 0.6) is 0 Å². The van der Waals surface area contributed by atoms with Crippen LogP contribution in [0.25, 0.3) is 0 Å². The van der Waals surface area contributed by atoms with Crippen LogP contribution in [0, 0.1) is 11.8 Å². The molecule has 0 aromatic rings. The van der Waals surface area contributed by atoms with E-state index in [0.717, 1.165) is 26.2 Å². The highest BCUT2D eigenvalue weighted by Crippen LogP contribution is 2.19. The van der Waals surface area contributed by atoms with Crippen molar-refractivity contribution in [3.05, 3.63) is 0 Å². The topological polar surface area (TPSA) is 38.8 Å². The summed E-state index contributed by atoms with van der Waals surface area (Å²) in [6, 6.07) is 0. The zero-order valence-corrected chi connectivity index (χ0v) is 10.7. The normalized spacial score (nSPS) is 28.5. The molecule has 0 radical (unpaired) electrons. The van der Waals surface area contributed by atoms with E-state index in [1.807, 2.05) is 0 Å². The summed E-state index contributed by atoms with van der Waals surface area (Å²) in [4.78, 5) is 14.1. The van der Waals surface area contributed by atoms with E-state index in [1.54, 1.807) is 7.11 Å². The predicted octanol–water partition coefficient (Wildman–Crippen LogP) is 0.950. The number of ether oxygens (including phenoxy) is 2. The largest absolute Gasteiger partial charge is 0.384 e. The predicted molar refractivity (Wildman–Crippen MR) is 65.0 cm³/mol. The van der Waals surface area contributed by atoms with Gasteiger partial charge in [-0.3, -0.25) is 4.79 Å². The van der Waals surface area contributed by atoms with Crippen LogP contribution in [-0.4, -0.2) is 57.2 Å². The minimum atomic E-state index is 0.114. The van der Waals surface area contributed by atoms with Gasteiger partial charge in [-0.1, -0.05) is 0 Å². The van der Waals surface area contributed by atoms with E-state index in [1.165, 1.54) is 12.8 Å². The van der Waals surface area contributed by atoms with E-state index >= 15 is 0 Å². The molecule has 0 amide bonds. The van der Waals surface area contributed by atoms with Crippen molar-refractivity contribution in [1.29, 1.82) is 0 Å². The van der Waals surface area contributed by atoms with E-state index in [2.05, 4.69) is 4.90 Å². The number of piperidine rings is 1. The first kappa shape index (κ1) is 13.0. The maximum absolute atomic E-state index is 11.7. The first-order chi connectivity index (χ1) is 8.29. The molecule has 0 bridgehead atoms. The van der Waals surface area contributed by atoms with Gasteiger partial charge in [0.15, 0.2) is 0 Å². The Morgan fingerprint density at radius 2 is 2.18 bits per heavy atom. The van der Waals surface area contributed by atoms with E-state index in [9.17, 15) is 4.79 Å². The molecule has 4 heteroatoms. The van der Waals surface area contributed by atoms with Crippen molar-refractivity contribution in [1.82, 2.24) is 4.90 Å². The average molecular weight is 241 g/mol. The van der Waals surface area contributed by atoms with Crippen LogP contribution >= 0.6 is 0 Å². The minimum absolute atomic E-state index is 0.114. The van der Waals surface area contributed by atoms with Gasteiger partial charge >= 0.3 is 0 Å². The zero-order chi connectivity index (χ0) is 12.1. The molecule has 0 aromatic carbocycles. The summed E-state index contributed by atoms with van der Waals surface area (Å²) in [5.74, 6) is 1.20. The Balaban J connectivity index is 1.72. The number of nitrogens with zero attached hydrogens (tertiary/aromatic N) is 1. The highest BCUT2D eigenvalue weighted by molar-refractivity contribution is 5.82. The van der Waals surface area contributed by atoms with Crippen molar-refractivity contribution >= 4 is 5.78 Å². The molecular formula is C13H23NO3. The summed E-state index contributed by atoms with van der Waals surface area (Å²) in [5.41, 5.74) is 0. The highest BCUT2D eigenvalue weighted by atomic mass is 16.5. The van der Waals surface area contributed by atoms with Gasteiger partial charge in [-0.15, -0.1) is 0 Å². The van der Waals surface area contributed by atoms with E-state index in [0.29, 0.717) is 31.3 Å². The second-order valence-corrected chi connectivity index (χ2v) is 5.19. The van der Waals surface area contributed by atoms with Gasteiger partial charge in [-0.2, -0.15) is 0 Å². The lowest BCUT2D eigenvalue weighted by Crippen LogP contribution is -2.42. The third kappa shape index (κ3) is 3.76. The van der Waals surface area contributed by atoms with Crippen LogP contribution in [0.4, 0.5) is 0 Å². The Hall–Kier alpha value is -0.450. The number of rotatable bonds is 4. The number of likely N-dealkylation sites (tertiary alicyclic amines) is 1. The molecule has 17 heavy (non-hydrogen) atoms. The van der Waals surface area contributed by atoms with Crippen molar-refractivity contribution in [3.8, 4) is 0 Å². The fourth-order valence-corrected chi connectivity index (χ4v) is 2.73. The van der Waals surface area contributed by atoms with Gasteiger partial charge in [0.05, 0.1) is 19.1 Å². The highest BCUT2D eigenvalue weighted by Gasteiger charge is 2.27. The van der Waals surface area contributed by atoms with Gasteiger partial charge in [0, 0.05) is 26.7 Å². The van der Waals surface area contributed by atoms with Crippen molar-refractivity contribution in [2.24, 2.45) is 11.8 Å². The fourth-order valence-electron chi connectivity index (χ4n) is 2.73. The zero-order valence-electron chi connectivity index (χ0n) is 10.7. The first-order valence-corrected chi connectivity index (χ1v) is 6.61. The van der Waals surface area contributed by atoms with Crippen LogP contribution < -0.4 is 0 Å². The molecule has 2 aliphatic heterocycles. The second kappa shape index (κ2) is 6.47. The van der Waals surface area contributed by atoms with E-state index in [4.69, 9.17) is 9.47 Å². The molecule has 0 aromatic heterocycles. The quantitative estimate of drug-likeness (QED) is 0.734. The maximum Gasteiger partial charge on any atom is 0.141 e. The molecule has 0 spiro atoms. The van der Waals surface area contributed by atoms with Gasteiger partial charge in [0.1, 0.15) is 5.78 Å². The van der Waals surface area contributed by atoms with Crippen LogP contribution in [0.3, 0.4) is 0 Å². The molecule has 1 atom stereocenters. The first-order valence-electron chi connectivity index (χ1n) is 6.61. The van der Waals surface area contributed by atoms with Crippen molar-refractivity contribution in [2.75, 3.05) is 46.6 Å². The molecule has 0 aliphatic carbocycles. The number of ketones is 1. The standard InChI is InChI=1S/C13H23NO3/c1-16-9-11-2-5-14(6-3-11)8-12-10-17-7-4-13(12)15/h11-12H,2-10H2,1H3. The van der Waals surface area contributed by atoms with Crippen molar-refractivity contribution in [3.63, 3.8) is 0 Å². The van der Waals surface area contributed by atoms with Gasteiger partial charge < -0.3 is 14.4 Å². The van der Waals surface area contributed by atoms with Gasteiger partial charge in [-0.25, -0.2) is 0 Å². The summed E-state index contributed by atoms with van der Waals surface area (Å²) >= 11 is 0. The molecule has 2 fully saturated rings. The number of methoxy groups -OCH3 is 1. The molecule has 2 heterocycles. The Kier molecular flexibility index (Phi) is 4.95. The smallest absolute Gasteiger partial charge is 0.141 e. The fraction of sp³-hybridized carbons (Fsp3) is 0.923. The van der Waals surface area contributed by atoms with Crippen LogP contribution in [0.2, 0.25) is 0 Å². The van der Waals surface area contributed by atoms with Crippen molar-refractivity contribution in [2.45, 2.75) is 19.3 Å². The number of carbonyl (C=O) groups excluding carboxylic acids is 1. The van der Waals surface area contributed by atoms with Crippen molar-refractivity contribution < 1.29 is 14.3 Å². The summed E-state index contributed by atoms with van der Waals surface area (Å²) in [6.45, 7) is 5.19. The second-order valence-electron chi connectivity index (χ2n) is 5.19. The molecule has 4 nitrogen and oxygen atoms in total. The monoisotopic (exact) mass is 241 g/mol. The Morgan fingerprint density at radius 1 is 1.41 bits per heavy atom. The Morgan fingerprint density at radius 3 is 2.82 bits per heavy atom. The summed E-state index contributed by atoms with van der Waals surface area (Å²) in [6.07, 6.45) is 2.98. The molecule has 2 saturated heterocycles. The van der Waals surface area contributed by atoms with Crippen LogP contribution in [0.1, 0.15) is 19.3 Å². The van der Waals surface area contributed by atoms with Crippen LogP contribution in [0.15, 0.2) is 0 Å². The lowest BCUT2D eigenvalue weighted by molar-refractivity contribution is -0.131. The maximum atomic E-state index is 11.7. The number of hydrogen-bond donors (Lipinski definition) is 0. The molecule has 2 rings (SSSR count). The molecule has 98 valence electrons. The van der Waals surface area contributed by atoms with E-state index < -0.39 is 0 Å². The summed E-state index contributed by atoms with van der Waals surface area (Å²) in [7, 11) is 1.77. The Labute approximate surface area is 103 Å².